The zero-order valence-electron chi connectivity index (χ0n) is 17.4. The summed E-state index contributed by atoms with van der Waals surface area (Å²) in [7, 11) is -3.58. The normalized spacial score (nSPS) is 15.7. The Labute approximate surface area is 192 Å². The Morgan fingerprint density at radius 2 is 1.91 bits per heavy atom. The van der Waals surface area contributed by atoms with Crippen molar-refractivity contribution in [3.63, 3.8) is 0 Å². The molecule has 1 fully saturated rings. The Morgan fingerprint density at radius 1 is 1.18 bits per heavy atom. The SMILES string of the molecule is Cc1c(C(=O)N2CCC(NS(=O)(=O)c3cccs3)CC2)cnn1-c1ccc(C(F)(F)F)cn1. The average molecular weight is 500 g/mol. The van der Waals surface area contributed by atoms with Crippen molar-refractivity contribution in [3.05, 3.63) is 58.9 Å². The van der Waals surface area contributed by atoms with E-state index in [0.717, 1.165) is 23.6 Å². The van der Waals surface area contributed by atoms with E-state index >= 15 is 0 Å². The van der Waals surface area contributed by atoms with Gasteiger partial charge in [0.1, 0.15) is 4.21 Å². The molecule has 4 rings (SSSR count). The number of pyridine rings is 1. The average Bonchev–Trinajstić information content (AvgIpc) is 3.44. The number of rotatable bonds is 5. The fraction of sp³-hybridized carbons (Fsp3) is 0.350. The Morgan fingerprint density at radius 3 is 2.48 bits per heavy atom. The number of nitrogens with one attached hydrogen (secondary N) is 1. The molecule has 0 unspecified atom stereocenters. The molecule has 0 atom stereocenters. The third kappa shape index (κ3) is 4.94. The third-order valence-electron chi connectivity index (χ3n) is 5.40. The Kier molecular flexibility index (Phi) is 6.29. The van der Waals surface area contributed by atoms with Gasteiger partial charge in [-0.2, -0.15) is 18.3 Å². The number of likely N-dealkylation sites (tertiary alicyclic amines) is 1. The van der Waals surface area contributed by atoms with Crippen LogP contribution in [0.3, 0.4) is 0 Å². The molecule has 1 N–H and O–H groups in total. The van der Waals surface area contributed by atoms with Crippen LogP contribution in [0, 0.1) is 6.92 Å². The van der Waals surface area contributed by atoms with Gasteiger partial charge in [0.2, 0.25) is 10.0 Å². The van der Waals surface area contributed by atoms with Gasteiger partial charge < -0.3 is 4.90 Å². The monoisotopic (exact) mass is 499 g/mol. The maximum Gasteiger partial charge on any atom is 0.417 e. The summed E-state index contributed by atoms with van der Waals surface area (Å²) in [5, 5.41) is 5.81. The Hall–Kier alpha value is -2.77. The van der Waals surface area contributed by atoms with Gasteiger partial charge in [0.05, 0.1) is 23.0 Å². The molecule has 0 radical (unpaired) electrons. The molecule has 1 aliphatic rings. The van der Waals surface area contributed by atoms with E-state index < -0.39 is 21.8 Å². The molecule has 0 aromatic carbocycles. The fourth-order valence-corrected chi connectivity index (χ4v) is 5.91. The zero-order valence-corrected chi connectivity index (χ0v) is 19.0. The minimum atomic E-state index is -4.49. The number of sulfonamides is 1. The van der Waals surface area contributed by atoms with Crippen LogP contribution < -0.4 is 4.72 Å². The Balaban J connectivity index is 1.41. The maximum absolute atomic E-state index is 13.0. The van der Waals surface area contributed by atoms with Crippen LogP contribution in [-0.4, -0.2) is 53.1 Å². The molecular weight excluding hydrogens is 479 g/mol. The number of hydrogen-bond acceptors (Lipinski definition) is 6. The van der Waals surface area contributed by atoms with Crippen molar-refractivity contribution in [1.82, 2.24) is 24.4 Å². The van der Waals surface area contributed by atoms with E-state index in [1.54, 1.807) is 23.3 Å². The summed E-state index contributed by atoms with van der Waals surface area (Å²) in [5.74, 6) is -0.105. The van der Waals surface area contributed by atoms with Gasteiger partial charge in [-0.3, -0.25) is 4.79 Å². The van der Waals surface area contributed by atoms with Gasteiger partial charge in [-0.1, -0.05) is 6.07 Å². The first-order valence-electron chi connectivity index (χ1n) is 9.99. The molecule has 1 aliphatic heterocycles. The number of carbonyl (C=O) groups excluding carboxylic acids is 1. The molecular formula is C20H20F3N5O3S2. The molecule has 0 spiro atoms. The highest BCUT2D eigenvalue weighted by atomic mass is 32.2. The summed E-state index contributed by atoms with van der Waals surface area (Å²) in [5.41, 5.74) is -0.105. The summed E-state index contributed by atoms with van der Waals surface area (Å²) in [6, 6.07) is 5.04. The van der Waals surface area contributed by atoms with E-state index in [1.165, 1.54) is 23.0 Å². The predicted octanol–water partition coefficient (Wildman–Crippen LogP) is 3.24. The summed E-state index contributed by atoms with van der Waals surface area (Å²) in [6.45, 7) is 2.36. The van der Waals surface area contributed by atoms with E-state index in [9.17, 15) is 26.4 Å². The van der Waals surface area contributed by atoms with E-state index in [2.05, 4.69) is 14.8 Å². The lowest BCUT2D eigenvalue weighted by atomic mass is 10.1. The largest absolute Gasteiger partial charge is 0.417 e. The van der Waals surface area contributed by atoms with Crippen LogP contribution in [0.15, 0.2) is 46.2 Å². The minimum absolute atomic E-state index is 0.168. The molecule has 0 saturated carbocycles. The second-order valence-electron chi connectivity index (χ2n) is 7.58. The molecule has 3 aromatic heterocycles. The summed E-state index contributed by atoms with van der Waals surface area (Å²) in [6.07, 6.45) is -1.48. The van der Waals surface area contributed by atoms with Gasteiger partial charge in [0.25, 0.3) is 5.91 Å². The van der Waals surface area contributed by atoms with E-state index in [1.807, 2.05) is 0 Å². The minimum Gasteiger partial charge on any atom is -0.338 e. The van der Waals surface area contributed by atoms with Crippen LogP contribution >= 0.6 is 11.3 Å². The van der Waals surface area contributed by atoms with Gasteiger partial charge >= 0.3 is 6.18 Å². The lowest BCUT2D eigenvalue weighted by Crippen LogP contribution is -2.46. The Bertz CT molecular complexity index is 1230. The molecule has 4 heterocycles. The van der Waals surface area contributed by atoms with Crippen molar-refractivity contribution < 1.29 is 26.4 Å². The summed E-state index contributed by atoms with van der Waals surface area (Å²) in [4.78, 5) is 18.4. The number of carbonyl (C=O) groups is 1. The van der Waals surface area contributed by atoms with Gasteiger partial charge in [0.15, 0.2) is 5.82 Å². The third-order valence-corrected chi connectivity index (χ3v) is 8.31. The quantitative estimate of drug-likeness (QED) is 0.581. The van der Waals surface area contributed by atoms with Crippen LogP contribution in [-0.2, 0) is 16.2 Å². The topological polar surface area (TPSA) is 97.2 Å². The molecule has 1 amide bonds. The highest BCUT2D eigenvalue weighted by Crippen LogP contribution is 2.29. The molecule has 1 saturated heterocycles. The molecule has 0 aliphatic carbocycles. The predicted molar refractivity (Wildman–Crippen MR) is 115 cm³/mol. The highest BCUT2D eigenvalue weighted by Gasteiger charge is 2.31. The second-order valence-corrected chi connectivity index (χ2v) is 10.5. The number of alkyl halides is 3. The number of nitrogens with zero attached hydrogens (tertiary/aromatic N) is 4. The number of piperidine rings is 1. The van der Waals surface area contributed by atoms with Crippen LogP contribution in [0.1, 0.15) is 34.5 Å². The molecule has 176 valence electrons. The van der Waals surface area contributed by atoms with Crippen molar-refractivity contribution in [2.24, 2.45) is 0 Å². The van der Waals surface area contributed by atoms with Gasteiger partial charge in [0, 0.05) is 25.3 Å². The van der Waals surface area contributed by atoms with Crippen molar-refractivity contribution in [1.29, 1.82) is 0 Å². The highest BCUT2D eigenvalue weighted by molar-refractivity contribution is 7.91. The molecule has 13 heteroatoms. The number of amides is 1. The maximum atomic E-state index is 13.0. The van der Waals surface area contributed by atoms with Crippen LogP contribution in [0.5, 0.6) is 0 Å². The number of aromatic nitrogens is 3. The van der Waals surface area contributed by atoms with Gasteiger partial charge in [-0.05, 0) is 43.3 Å². The molecule has 33 heavy (non-hydrogen) atoms. The first-order valence-corrected chi connectivity index (χ1v) is 12.4. The van der Waals surface area contributed by atoms with Gasteiger partial charge in [-0.25, -0.2) is 22.8 Å². The van der Waals surface area contributed by atoms with Crippen molar-refractivity contribution in [3.8, 4) is 5.82 Å². The van der Waals surface area contributed by atoms with E-state index in [0.29, 0.717) is 37.2 Å². The lowest BCUT2D eigenvalue weighted by Gasteiger charge is -2.32. The first-order chi connectivity index (χ1) is 15.6. The smallest absolute Gasteiger partial charge is 0.338 e. The van der Waals surface area contributed by atoms with Gasteiger partial charge in [-0.15, -0.1) is 11.3 Å². The van der Waals surface area contributed by atoms with E-state index in [4.69, 9.17) is 0 Å². The van der Waals surface area contributed by atoms with Crippen LogP contribution in [0.4, 0.5) is 13.2 Å². The summed E-state index contributed by atoms with van der Waals surface area (Å²) >= 11 is 1.14. The lowest BCUT2D eigenvalue weighted by molar-refractivity contribution is -0.137. The van der Waals surface area contributed by atoms with Crippen molar-refractivity contribution >= 4 is 27.3 Å². The van der Waals surface area contributed by atoms with Crippen molar-refractivity contribution in [2.45, 2.75) is 36.2 Å². The first kappa shape index (κ1) is 23.4. The summed E-state index contributed by atoms with van der Waals surface area (Å²) < 4.78 is 67.3. The standard InChI is InChI=1S/C20H20F3N5O3S2/c1-13-16(12-25-28(13)17-5-4-14(11-24-17)20(21,22)23)19(29)27-8-6-15(7-9-27)26-33(30,31)18-3-2-10-32-18/h2-5,10-12,15,26H,6-9H2,1H3. The molecule has 8 nitrogen and oxygen atoms in total. The zero-order chi connectivity index (χ0) is 23.8. The number of halogens is 3. The second kappa shape index (κ2) is 8.88. The fourth-order valence-electron chi connectivity index (χ4n) is 3.59. The molecule has 3 aromatic rings. The van der Waals surface area contributed by atoms with Crippen LogP contribution in [0.2, 0.25) is 0 Å². The number of thiophene rings is 1. The van der Waals surface area contributed by atoms with Crippen molar-refractivity contribution in [2.75, 3.05) is 13.1 Å². The number of hydrogen-bond donors (Lipinski definition) is 1. The van der Waals surface area contributed by atoms with Crippen LogP contribution in [0.25, 0.3) is 5.82 Å². The van der Waals surface area contributed by atoms with E-state index in [-0.39, 0.29) is 22.0 Å². The molecule has 0 bridgehead atoms.